The molecule has 0 spiro atoms. The zero-order valence-corrected chi connectivity index (χ0v) is 15.9. The lowest BCUT2D eigenvalue weighted by Crippen LogP contribution is -2.33. The van der Waals surface area contributed by atoms with Crippen molar-refractivity contribution in [3.63, 3.8) is 0 Å². The van der Waals surface area contributed by atoms with Gasteiger partial charge in [-0.05, 0) is 47.6 Å². The van der Waals surface area contributed by atoms with Gasteiger partial charge in [-0.3, -0.25) is 4.98 Å². The molecule has 2 heterocycles. The Morgan fingerprint density at radius 3 is 2.81 bits per heavy atom. The van der Waals surface area contributed by atoms with Gasteiger partial charge in [-0.15, -0.1) is 0 Å². The van der Waals surface area contributed by atoms with Gasteiger partial charge in [0.15, 0.2) is 0 Å². The Balaban J connectivity index is 1.86. The minimum atomic E-state index is -0.835. The summed E-state index contributed by atoms with van der Waals surface area (Å²) in [6, 6.07) is 12.3. The third-order valence-electron chi connectivity index (χ3n) is 5.10. The molecule has 0 bridgehead atoms. The van der Waals surface area contributed by atoms with E-state index in [9.17, 15) is 9.90 Å². The molecule has 1 atom stereocenters. The first-order valence-corrected chi connectivity index (χ1v) is 9.41. The lowest BCUT2D eigenvalue weighted by Gasteiger charge is -2.24. The molecule has 0 aliphatic carbocycles. The van der Waals surface area contributed by atoms with Crippen molar-refractivity contribution in [1.29, 1.82) is 5.26 Å². The van der Waals surface area contributed by atoms with E-state index >= 15 is 0 Å². The van der Waals surface area contributed by atoms with E-state index in [0.29, 0.717) is 31.0 Å². The molecule has 1 aliphatic heterocycles. The van der Waals surface area contributed by atoms with E-state index in [-0.39, 0.29) is 5.92 Å². The number of hydrogen-bond acceptors (Lipinski definition) is 3. The molecule has 140 valence electrons. The molecule has 27 heavy (non-hydrogen) atoms. The van der Waals surface area contributed by atoms with E-state index in [1.54, 1.807) is 17.2 Å². The molecule has 0 radical (unpaired) electrons. The second-order valence-electron chi connectivity index (χ2n) is 7.67. The van der Waals surface area contributed by atoms with Gasteiger partial charge in [-0.2, -0.15) is 5.26 Å². The molecule has 5 nitrogen and oxygen atoms in total. The molecule has 1 unspecified atom stereocenters. The molecule has 3 rings (SSSR count). The molecular formula is C22H25N3O2. The van der Waals surface area contributed by atoms with Crippen LogP contribution < -0.4 is 0 Å². The minimum Gasteiger partial charge on any atom is -0.465 e. The number of fused-ring (bicyclic) bond motifs is 1. The fourth-order valence-corrected chi connectivity index (χ4v) is 3.84. The Bertz CT molecular complexity index is 853. The summed E-state index contributed by atoms with van der Waals surface area (Å²) in [5, 5.41) is 18.4. The maximum atomic E-state index is 11.5. The van der Waals surface area contributed by atoms with E-state index in [1.165, 1.54) is 11.1 Å². The van der Waals surface area contributed by atoms with Crippen LogP contribution in [0.5, 0.6) is 0 Å². The van der Waals surface area contributed by atoms with Crippen LogP contribution in [0, 0.1) is 17.2 Å². The van der Waals surface area contributed by atoms with E-state index in [1.807, 2.05) is 6.07 Å². The van der Waals surface area contributed by atoms with Gasteiger partial charge in [0.2, 0.25) is 0 Å². The quantitative estimate of drug-likeness (QED) is 0.883. The third-order valence-corrected chi connectivity index (χ3v) is 5.10. The summed E-state index contributed by atoms with van der Waals surface area (Å²) in [5.74, 6) is 0.750. The fraction of sp³-hybridized carbons (Fsp3) is 0.409. The maximum absolute atomic E-state index is 11.5. The van der Waals surface area contributed by atoms with Crippen LogP contribution in [0.2, 0.25) is 0 Å². The number of carboxylic acid groups (broad SMARTS) is 1. The Hall–Kier alpha value is -2.87. The van der Waals surface area contributed by atoms with Gasteiger partial charge in [-0.25, -0.2) is 4.79 Å². The number of hydrogen-bond donors (Lipinski definition) is 1. The summed E-state index contributed by atoms with van der Waals surface area (Å²) < 4.78 is 0. The summed E-state index contributed by atoms with van der Waals surface area (Å²) in [5.41, 5.74) is 5.18. The smallest absolute Gasteiger partial charge is 0.407 e. The van der Waals surface area contributed by atoms with E-state index in [4.69, 9.17) is 5.26 Å². The molecule has 1 N–H and O–H groups in total. The van der Waals surface area contributed by atoms with Crippen molar-refractivity contribution in [2.45, 2.75) is 39.0 Å². The Morgan fingerprint density at radius 2 is 2.19 bits per heavy atom. The Labute approximate surface area is 160 Å². The molecule has 1 amide bonds. The summed E-state index contributed by atoms with van der Waals surface area (Å²) in [4.78, 5) is 17.5. The van der Waals surface area contributed by atoms with E-state index in [0.717, 1.165) is 24.1 Å². The van der Waals surface area contributed by atoms with Crippen molar-refractivity contribution in [3.8, 4) is 6.07 Å². The van der Waals surface area contributed by atoms with Crippen LogP contribution in [0.1, 0.15) is 54.1 Å². The average molecular weight is 363 g/mol. The molecule has 1 aromatic carbocycles. The number of rotatable bonds is 4. The van der Waals surface area contributed by atoms with E-state index < -0.39 is 6.09 Å². The summed E-state index contributed by atoms with van der Waals surface area (Å²) in [6.45, 7) is 5.47. The predicted molar refractivity (Wildman–Crippen MR) is 104 cm³/mol. The van der Waals surface area contributed by atoms with Crippen molar-refractivity contribution >= 4 is 6.09 Å². The SMILES string of the molecule is CC(C)CC1CN(C(=O)O)CCc2cc(Cc3ccc(C#N)cn3)ccc21. The molecule has 5 heteroatoms. The molecule has 0 fully saturated rings. The van der Waals surface area contributed by atoms with Crippen LogP contribution in [0.4, 0.5) is 4.79 Å². The van der Waals surface area contributed by atoms with Gasteiger partial charge in [0.05, 0.1) is 5.56 Å². The number of pyridine rings is 1. The topological polar surface area (TPSA) is 77.2 Å². The van der Waals surface area contributed by atoms with Gasteiger partial charge in [0, 0.05) is 37.3 Å². The molecule has 0 saturated carbocycles. The number of amides is 1. The highest BCUT2D eigenvalue weighted by Crippen LogP contribution is 2.31. The fourth-order valence-electron chi connectivity index (χ4n) is 3.84. The van der Waals surface area contributed by atoms with Crippen LogP contribution in [-0.4, -0.2) is 34.2 Å². The average Bonchev–Trinajstić information content (AvgIpc) is 2.81. The van der Waals surface area contributed by atoms with Crippen LogP contribution in [0.25, 0.3) is 0 Å². The first-order chi connectivity index (χ1) is 13.0. The summed E-state index contributed by atoms with van der Waals surface area (Å²) in [7, 11) is 0. The molecule has 1 aromatic heterocycles. The number of carbonyl (C=O) groups is 1. The van der Waals surface area contributed by atoms with Crippen molar-refractivity contribution < 1.29 is 9.90 Å². The van der Waals surface area contributed by atoms with Crippen molar-refractivity contribution in [1.82, 2.24) is 9.88 Å². The highest BCUT2D eigenvalue weighted by Gasteiger charge is 2.26. The van der Waals surface area contributed by atoms with Crippen LogP contribution >= 0.6 is 0 Å². The van der Waals surface area contributed by atoms with E-state index in [2.05, 4.69) is 43.1 Å². The molecule has 2 aromatic rings. The van der Waals surface area contributed by atoms with Crippen molar-refractivity contribution in [3.05, 3.63) is 64.5 Å². The van der Waals surface area contributed by atoms with Crippen molar-refractivity contribution in [2.75, 3.05) is 13.1 Å². The van der Waals surface area contributed by atoms with Gasteiger partial charge in [0.25, 0.3) is 0 Å². The molecule has 0 saturated heterocycles. The predicted octanol–water partition coefficient (Wildman–Crippen LogP) is 4.21. The molecular weight excluding hydrogens is 338 g/mol. The van der Waals surface area contributed by atoms with Crippen LogP contribution in [-0.2, 0) is 12.8 Å². The third kappa shape index (κ3) is 4.65. The first kappa shape index (κ1) is 18.9. The lowest BCUT2D eigenvalue weighted by atomic mass is 9.86. The highest BCUT2D eigenvalue weighted by atomic mass is 16.4. The van der Waals surface area contributed by atoms with Gasteiger partial charge in [-0.1, -0.05) is 32.0 Å². The van der Waals surface area contributed by atoms with Gasteiger partial charge in [0.1, 0.15) is 6.07 Å². The Morgan fingerprint density at radius 1 is 1.37 bits per heavy atom. The number of benzene rings is 1. The second kappa shape index (κ2) is 8.22. The van der Waals surface area contributed by atoms with Gasteiger partial charge >= 0.3 is 6.09 Å². The van der Waals surface area contributed by atoms with Crippen LogP contribution in [0.15, 0.2) is 36.5 Å². The number of nitriles is 1. The minimum absolute atomic E-state index is 0.237. The second-order valence-corrected chi connectivity index (χ2v) is 7.67. The standard InChI is InChI=1S/C22H25N3O2/c1-15(2)9-19-14-25(22(26)27)8-7-18-10-16(4-6-21(18)19)11-20-5-3-17(12-23)13-24-20/h3-6,10,13,15,19H,7-9,11,14H2,1-2H3,(H,26,27). The first-order valence-electron chi connectivity index (χ1n) is 9.41. The largest absolute Gasteiger partial charge is 0.465 e. The van der Waals surface area contributed by atoms with Crippen LogP contribution in [0.3, 0.4) is 0 Å². The zero-order valence-electron chi connectivity index (χ0n) is 15.9. The van der Waals surface area contributed by atoms with Gasteiger partial charge < -0.3 is 10.0 Å². The lowest BCUT2D eigenvalue weighted by molar-refractivity contribution is 0.142. The normalized spacial score (nSPS) is 16.5. The summed E-state index contributed by atoms with van der Waals surface area (Å²) in [6.07, 6.45) is 3.19. The highest BCUT2D eigenvalue weighted by molar-refractivity contribution is 5.65. The number of nitrogens with zero attached hydrogens (tertiary/aromatic N) is 3. The van der Waals surface area contributed by atoms with Crippen molar-refractivity contribution in [2.24, 2.45) is 5.92 Å². The monoisotopic (exact) mass is 363 g/mol. The Kier molecular flexibility index (Phi) is 5.75. The zero-order chi connectivity index (χ0) is 19.4. The number of aromatic nitrogens is 1. The maximum Gasteiger partial charge on any atom is 0.407 e. The summed E-state index contributed by atoms with van der Waals surface area (Å²) >= 11 is 0. The molecule has 1 aliphatic rings.